The number of carbonyl (C=O) groups is 2. The molecule has 33 heavy (non-hydrogen) atoms. The molecule has 8 nitrogen and oxygen atoms in total. The van der Waals surface area contributed by atoms with Crippen molar-refractivity contribution < 1.29 is 14.0 Å². The minimum atomic E-state index is -0.351. The number of halogens is 1. The van der Waals surface area contributed by atoms with Gasteiger partial charge in [-0.1, -0.05) is 12.1 Å². The second-order valence-corrected chi connectivity index (χ2v) is 8.10. The number of piperazine rings is 1. The van der Waals surface area contributed by atoms with Crippen LogP contribution in [0.4, 0.5) is 10.1 Å². The number of nitrogens with zero attached hydrogens (tertiary/aromatic N) is 3. The Morgan fingerprint density at radius 1 is 1.03 bits per heavy atom. The molecule has 4 rings (SSSR count). The van der Waals surface area contributed by atoms with Crippen molar-refractivity contribution in [1.29, 1.82) is 0 Å². The van der Waals surface area contributed by atoms with Crippen molar-refractivity contribution in [1.82, 2.24) is 19.8 Å². The van der Waals surface area contributed by atoms with E-state index < -0.39 is 0 Å². The van der Waals surface area contributed by atoms with Gasteiger partial charge in [0.25, 0.3) is 5.56 Å². The predicted octanol–water partition coefficient (Wildman–Crippen LogP) is 2.17. The summed E-state index contributed by atoms with van der Waals surface area (Å²) in [7, 11) is 0. The van der Waals surface area contributed by atoms with Gasteiger partial charge in [0, 0.05) is 44.7 Å². The van der Waals surface area contributed by atoms with Gasteiger partial charge >= 0.3 is 0 Å². The Hall–Kier alpha value is -3.59. The number of carbonyl (C=O) groups excluding carboxylic acids is 2. The second kappa shape index (κ2) is 10.4. The van der Waals surface area contributed by atoms with Crippen LogP contribution in [-0.2, 0) is 16.0 Å². The molecule has 2 aromatic carbocycles. The van der Waals surface area contributed by atoms with Crippen LogP contribution in [-0.4, -0.2) is 64.3 Å². The zero-order valence-electron chi connectivity index (χ0n) is 18.2. The van der Waals surface area contributed by atoms with Crippen molar-refractivity contribution in [3.05, 3.63) is 70.5 Å². The largest absolute Gasteiger partial charge is 0.340 e. The Balaban J connectivity index is 1.19. The third-order valence-corrected chi connectivity index (χ3v) is 5.69. The molecule has 2 amide bonds. The number of aromatic amines is 1. The zero-order valence-corrected chi connectivity index (χ0v) is 18.2. The topological polar surface area (TPSA) is 98.4 Å². The fourth-order valence-electron chi connectivity index (χ4n) is 3.91. The molecule has 0 spiro atoms. The molecule has 2 N–H and O–H groups in total. The number of nitrogens with one attached hydrogen (secondary N) is 2. The van der Waals surface area contributed by atoms with Crippen molar-refractivity contribution in [2.24, 2.45) is 0 Å². The quantitative estimate of drug-likeness (QED) is 0.574. The first-order valence-electron chi connectivity index (χ1n) is 11.0. The number of anilines is 1. The highest BCUT2D eigenvalue weighted by molar-refractivity contribution is 5.92. The predicted molar refractivity (Wildman–Crippen MR) is 123 cm³/mol. The van der Waals surface area contributed by atoms with E-state index in [2.05, 4.69) is 15.3 Å². The number of H-pyrrole nitrogens is 1. The van der Waals surface area contributed by atoms with Gasteiger partial charge in [0.15, 0.2) is 0 Å². The maximum Gasteiger partial charge on any atom is 0.258 e. The highest BCUT2D eigenvalue weighted by Gasteiger charge is 2.22. The van der Waals surface area contributed by atoms with Crippen molar-refractivity contribution in [2.45, 2.75) is 19.3 Å². The minimum Gasteiger partial charge on any atom is -0.340 e. The van der Waals surface area contributed by atoms with Crippen LogP contribution in [0.2, 0.25) is 0 Å². The molecule has 1 aliphatic rings. The van der Waals surface area contributed by atoms with Gasteiger partial charge in [-0.25, -0.2) is 9.37 Å². The lowest BCUT2D eigenvalue weighted by Crippen LogP contribution is -2.50. The van der Waals surface area contributed by atoms with Crippen LogP contribution < -0.4 is 10.9 Å². The first-order valence-corrected chi connectivity index (χ1v) is 11.0. The van der Waals surface area contributed by atoms with Gasteiger partial charge in [-0.15, -0.1) is 0 Å². The number of hydrogen-bond acceptors (Lipinski definition) is 5. The maximum atomic E-state index is 13.0. The SMILES string of the molecule is O=C(CN1CCN(C(=O)CCCc2nc3ccccc3c(=O)[nH]2)CC1)Nc1ccc(F)cc1. The summed E-state index contributed by atoms with van der Waals surface area (Å²) in [6.07, 6.45) is 1.50. The summed E-state index contributed by atoms with van der Waals surface area (Å²) in [5.41, 5.74) is 1.04. The number of benzene rings is 2. The average molecular weight is 452 g/mol. The first kappa shape index (κ1) is 22.6. The number of fused-ring (bicyclic) bond motifs is 1. The van der Waals surface area contributed by atoms with Gasteiger partial charge in [-0.05, 0) is 42.8 Å². The summed E-state index contributed by atoms with van der Waals surface area (Å²) < 4.78 is 13.0. The Kier molecular flexibility index (Phi) is 7.09. The molecule has 1 aromatic heterocycles. The van der Waals surface area contributed by atoms with Crippen LogP contribution in [0.1, 0.15) is 18.7 Å². The molecule has 1 saturated heterocycles. The van der Waals surface area contributed by atoms with Crippen LogP contribution in [0.3, 0.4) is 0 Å². The number of rotatable bonds is 7. The summed E-state index contributed by atoms with van der Waals surface area (Å²) in [6, 6.07) is 12.8. The Bertz CT molecular complexity index is 1190. The second-order valence-electron chi connectivity index (χ2n) is 8.10. The van der Waals surface area contributed by atoms with Crippen LogP contribution in [0.25, 0.3) is 10.9 Å². The molecule has 0 bridgehead atoms. The molecule has 9 heteroatoms. The Morgan fingerprint density at radius 2 is 1.76 bits per heavy atom. The molecule has 0 atom stereocenters. The number of amides is 2. The van der Waals surface area contributed by atoms with E-state index in [4.69, 9.17) is 0 Å². The smallest absolute Gasteiger partial charge is 0.258 e. The van der Waals surface area contributed by atoms with E-state index in [0.29, 0.717) is 67.9 Å². The molecule has 1 aliphatic heterocycles. The summed E-state index contributed by atoms with van der Waals surface area (Å²) in [4.78, 5) is 48.0. The van der Waals surface area contributed by atoms with Crippen molar-refractivity contribution >= 4 is 28.4 Å². The molecule has 0 radical (unpaired) electrons. The summed E-state index contributed by atoms with van der Waals surface area (Å²) >= 11 is 0. The zero-order chi connectivity index (χ0) is 23.2. The van der Waals surface area contributed by atoms with E-state index in [1.807, 2.05) is 15.9 Å². The molecular formula is C24H26FN5O3. The van der Waals surface area contributed by atoms with Crippen molar-refractivity contribution in [3.63, 3.8) is 0 Å². The molecule has 0 unspecified atom stereocenters. The molecule has 1 fully saturated rings. The van der Waals surface area contributed by atoms with Crippen LogP contribution in [0.15, 0.2) is 53.3 Å². The number of hydrogen-bond donors (Lipinski definition) is 2. The lowest BCUT2D eigenvalue weighted by Gasteiger charge is -2.34. The van der Waals surface area contributed by atoms with E-state index in [9.17, 15) is 18.8 Å². The van der Waals surface area contributed by atoms with Gasteiger partial charge in [-0.2, -0.15) is 0 Å². The van der Waals surface area contributed by atoms with Gasteiger partial charge < -0.3 is 15.2 Å². The summed E-state index contributed by atoms with van der Waals surface area (Å²) in [5.74, 6) is 0.130. The van der Waals surface area contributed by atoms with E-state index >= 15 is 0 Å². The Labute approximate surface area is 190 Å². The van der Waals surface area contributed by atoms with Gasteiger partial charge in [0.1, 0.15) is 11.6 Å². The van der Waals surface area contributed by atoms with Crippen LogP contribution in [0, 0.1) is 5.82 Å². The van der Waals surface area contributed by atoms with Crippen molar-refractivity contribution in [3.8, 4) is 0 Å². The lowest BCUT2D eigenvalue weighted by atomic mass is 10.2. The fourth-order valence-corrected chi connectivity index (χ4v) is 3.91. The summed E-state index contributed by atoms with van der Waals surface area (Å²) in [5, 5.41) is 3.31. The molecule has 0 saturated carbocycles. The molecule has 172 valence electrons. The van der Waals surface area contributed by atoms with Crippen LogP contribution >= 0.6 is 0 Å². The highest BCUT2D eigenvalue weighted by Crippen LogP contribution is 2.11. The molecule has 0 aliphatic carbocycles. The maximum absolute atomic E-state index is 13.0. The average Bonchev–Trinajstić information content (AvgIpc) is 2.81. The van der Waals surface area contributed by atoms with Crippen LogP contribution in [0.5, 0.6) is 0 Å². The standard InChI is InChI=1S/C24H26FN5O3/c25-17-8-10-18(11-9-17)26-22(31)16-29-12-14-30(15-13-29)23(32)7-3-6-21-27-20-5-2-1-4-19(20)24(33)28-21/h1-2,4-5,8-11H,3,6-7,12-16H2,(H,26,31)(H,27,28,33). The monoisotopic (exact) mass is 451 g/mol. The fraction of sp³-hybridized carbons (Fsp3) is 0.333. The van der Waals surface area contributed by atoms with E-state index in [0.717, 1.165) is 0 Å². The van der Waals surface area contributed by atoms with E-state index in [1.165, 1.54) is 24.3 Å². The normalized spacial score (nSPS) is 14.4. The number of aromatic nitrogens is 2. The van der Waals surface area contributed by atoms with Gasteiger partial charge in [-0.3, -0.25) is 19.3 Å². The van der Waals surface area contributed by atoms with Gasteiger partial charge in [0.05, 0.1) is 17.4 Å². The van der Waals surface area contributed by atoms with E-state index in [1.54, 1.807) is 18.2 Å². The molecular weight excluding hydrogens is 425 g/mol. The Morgan fingerprint density at radius 3 is 2.52 bits per heavy atom. The van der Waals surface area contributed by atoms with E-state index in [-0.39, 0.29) is 29.7 Å². The highest BCUT2D eigenvalue weighted by atomic mass is 19.1. The third-order valence-electron chi connectivity index (χ3n) is 5.69. The summed E-state index contributed by atoms with van der Waals surface area (Å²) in [6.45, 7) is 2.58. The minimum absolute atomic E-state index is 0.0635. The molecule has 2 heterocycles. The molecule has 3 aromatic rings. The lowest BCUT2D eigenvalue weighted by molar-refractivity contribution is -0.133. The van der Waals surface area contributed by atoms with Crippen molar-refractivity contribution in [2.75, 3.05) is 38.0 Å². The third kappa shape index (κ3) is 6.01. The number of para-hydroxylation sites is 1. The van der Waals surface area contributed by atoms with Gasteiger partial charge in [0.2, 0.25) is 11.8 Å². The first-order chi connectivity index (χ1) is 16.0. The number of aryl methyl sites for hydroxylation is 1.